The van der Waals surface area contributed by atoms with Crippen molar-refractivity contribution < 1.29 is 9.47 Å². The van der Waals surface area contributed by atoms with E-state index in [1.54, 1.807) is 25.5 Å². The van der Waals surface area contributed by atoms with Crippen LogP contribution in [0, 0.1) is 0 Å². The zero-order valence-corrected chi connectivity index (χ0v) is 8.22. The molecule has 1 aliphatic rings. The summed E-state index contributed by atoms with van der Waals surface area (Å²) >= 11 is 4.52. The molecule has 1 aliphatic heterocycles. The van der Waals surface area contributed by atoms with E-state index in [1.807, 2.05) is 0 Å². The Bertz CT molecular complexity index is 295. The topological polar surface area (TPSA) is 42.9 Å². The van der Waals surface area contributed by atoms with Crippen LogP contribution in [0.2, 0.25) is 0 Å². The van der Waals surface area contributed by atoms with E-state index >= 15 is 0 Å². The third kappa shape index (κ3) is 2.15. The van der Waals surface area contributed by atoms with E-state index in [4.69, 9.17) is 9.47 Å². The van der Waals surface area contributed by atoms with Crippen LogP contribution in [0.4, 0.5) is 0 Å². The number of hydrogen-bond donors (Lipinski definition) is 1. The number of methoxy groups -OCH3 is 2. The maximum absolute atomic E-state index is 5.14. The van der Waals surface area contributed by atoms with Gasteiger partial charge in [-0.25, -0.2) is 0 Å². The summed E-state index contributed by atoms with van der Waals surface area (Å²) in [6.07, 6.45) is 5.11. The number of ether oxygens (including phenoxy) is 2. The predicted octanol–water partition coefficient (Wildman–Crippen LogP) is 1.04. The summed E-state index contributed by atoms with van der Waals surface area (Å²) in [7, 11) is 3.09. The van der Waals surface area contributed by atoms with Gasteiger partial charge in [0.05, 0.1) is 12.3 Å². The standard InChI is InChI=1S/C8H10N2O2S/c1-11-7-3-4-9-8(5-7,12-2)10-6-13/h3-5,9H,1-2H3. The second-order valence-electron chi connectivity index (χ2n) is 2.33. The van der Waals surface area contributed by atoms with Crippen molar-refractivity contribution >= 4 is 17.4 Å². The lowest BCUT2D eigenvalue weighted by molar-refractivity contribution is 0.0180. The number of thiocarbonyl (C=S) groups is 1. The molecule has 0 saturated heterocycles. The van der Waals surface area contributed by atoms with E-state index < -0.39 is 5.85 Å². The molecule has 0 saturated carbocycles. The van der Waals surface area contributed by atoms with Crippen LogP contribution >= 0.6 is 12.2 Å². The summed E-state index contributed by atoms with van der Waals surface area (Å²) in [5, 5.41) is 5.15. The highest BCUT2D eigenvalue weighted by Gasteiger charge is 2.27. The van der Waals surface area contributed by atoms with Gasteiger partial charge in [0.1, 0.15) is 5.76 Å². The number of isothiocyanates is 1. The summed E-state index contributed by atoms with van der Waals surface area (Å²) in [6, 6.07) is 0. The number of hydrogen-bond acceptors (Lipinski definition) is 5. The summed E-state index contributed by atoms with van der Waals surface area (Å²) in [5.41, 5.74) is 0. The first-order chi connectivity index (χ1) is 6.26. The fraction of sp³-hybridized carbons (Fsp3) is 0.375. The Kier molecular flexibility index (Phi) is 3.19. The number of rotatable bonds is 3. The molecule has 0 spiro atoms. The van der Waals surface area contributed by atoms with Gasteiger partial charge in [0, 0.05) is 19.4 Å². The van der Waals surface area contributed by atoms with Gasteiger partial charge in [0.15, 0.2) is 0 Å². The zero-order valence-electron chi connectivity index (χ0n) is 7.40. The first-order valence-corrected chi connectivity index (χ1v) is 4.02. The van der Waals surface area contributed by atoms with Gasteiger partial charge in [-0.3, -0.25) is 0 Å². The Morgan fingerprint density at radius 3 is 2.92 bits per heavy atom. The Morgan fingerprint density at radius 2 is 2.38 bits per heavy atom. The van der Waals surface area contributed by atoms with Gasteiger partial charge in [0.2, 0.25) is 0 Å². The first kappa shape index (κ1) is 9.92. The quantitative estimate of drug-likeness (QED) is 0.543. The number of allylic oxidation sites excluding steroid dienone is 1. The summed E-state index contributed by atoms with van der Waals surface area (Å²) in [4.78, 5) is 3.86. The molecule has 0 aromatic heterocycles. The van der Waals surface area contributed by atoms with E-state index in [0.29, 0.717) is 5.76 Å². The van der Waals surface area contributed by atoms with Crippen LogP contribution in [0.15, 0.2) is 29.1 Å². The number of dihydropyridines is 1. The number of nitrogens with one attached hydrogen (secondary N) is 1. The minimum atomic E-state index is -0.970. The van der Waals surface area contributed by atoms with E-state index in [9.17, 15) is 0 Å². The minimum Gasteiger partial charge on any atom is -0.497 e. The summed E-state index contributed by atoms with van der Waals surface area (Å²) < 4.78 is 10.2. The molecular formula is C8H10N2O2S. The van der Waals surface area contributed by atoms with Crippen LogP contribution in [0.3, 0.4) is 0 Å². The highest BCUT2D eigenvalue weighted by molar-refractivity contribution is 7.78. The third-order valence-corrected chi connectivity index (χ3v) is 1.73. The van der Waals surface area contributed by atoms with Crippen LogP contribution < -0.4 is 5.32 Å². The molecule has 1 unspecified atom stereocenters. The van der Waals surface area contributed by atoms with Gasteiger partial charge in [-0.1, -0.05) is 0 Å². The van der Waals surface area contributed by atoms with Crippen molar-refractivity contribution in [3.8, 4) is 0 Å². The summed E-state index contributed by atoms with van der Waals surface area (Å²) in [6.45, 7) is 0. The molecule has 1 N–H and O–H groups in total. The fourth-order valence-corrected chi connectivity index (χ4v) is 1.08. The third-order valence-electron chi connectivity index (χ3n) is 1.63. The predicted molar refractivity (Wildman–Crippen MR) is 52.1 cm³/mol. The van der Waals surface area contributed by atoms with Crippen LogP contribution in [-0.4, -0.2) is 25.2 Å². The molecule has 1 atom stereocenters. The van der Waals surface area contributed by atoms with Gasteiger partial charge in [-0.15, -0.1) is 0 Å². The van der Waals surface area contributed by atoms with E-state index in [0.717, 1.165) is 0 Å². The van der Waals surface area contributed by atoms with Crippen LogP contribution in [0.5, 0.6) is 0 Å². The monoisotopic (exact) mass is 198 g/mol. The maximum atomic E-state index is 5.14. The van der Waals surface area contributed by atoms with Crippen molar-refractivity contribution in [3.63, 3.8) is 0 Å². The van der Waals surface area contributed by atoms with Crippen LogP contribution in [-0.2, 0) is 9.47 Å². The van der Waals surface area contributed by atoms with Gasteiger partial charge in [-0.05, 0) is 18.3 Å². The average molecular weight is 198 g/mol. The highest BCUT2D eigenvalue weighted by atomic mass is 32.1. The number of aliphatic imine (C=N–C) groups is 1. The molecule has 13 heavy (non-hydrogen) atoms. The van der Waals surface area contributed by atoms with Gasteiger partial charge in [-0.2, -0.15) is 4.99 Å². The molecule has 0 aliphatic carbocycles. The molecule has 0 bridgehead atoms. The van der Waals surface area contributed by atoms with Crippen LogP contribution in [0.25, 0.3) is 0 Å². The van der Waals surface area contributed by atoms with Crippen LogP contribution in [0.1, 0.15) is 0 Å². The maximum Gasteiger partial charge on any atom is 0.269 e. The van der Waals surface area contributed by atoms with E-state index in [-0.39, 0.29) is 0 Å². The second-order valence-corrected chi connectivity index (χ2v) is 2.51. The lowest BCUT2D eigenvalue weighted by Crippen LogP contribution is -2.42. The van der Waals surface area contributed by atoms with Crippen molar-refractivity contribution in [3.05, 3.63) is 24.1 Å². The zero-order chi connectivity index (χ0) is 9.73. The van der Waals surface area contributed by atoms with Crippen molar-refractivity contribution in [2.75, 3.05) is 14.2 Å². The molecule has 0 amide bonds. The van der Waals surface area contributed by atoms with Crippen molar-refractivity contribution in [2.24, 2.45) is 4.99 Å². The average Bonchev–Trinajstić information content (AvgIpc) is 2.19. The molecule has 1 rings (SSSR count). The molecule has 0 aromatic rings. The molecule has 0 aromatic carbocycles. The normalized spacial score (nSPS) is 25.5. The molecule has 5 heteroatoms. The van der Waals surface area contributed by atoms with Crippen molar-refractivity contribution in [1.82, 2.24) is 5.32 Å². The van der Waals surface area contributed by atoms with Gasteiger partial charge < -0.3 is 14.8 Å². The van der Waals surface area contributed by atoms with E-state index in [1.165, 1.54) is 7.11 Å². The SMILES string of the molecule is COC1=CC(N=C=S)(OC)NC=C1. The molecule has 0 radical (unpaired) electrons. The molecule has 4 nitrogen and oxygen atoms in total. The summed E-state index contributed by atoms with van der Waals surface area (Å²) in [5.74, 6) is -0.309. The second kappa shape index (κ2) is 4.18. The van der Waals surface area contributed by atoms with Crippen molar-refractivity contribution in [2.45, 2.75) is 5.85 Å². The van der Waals surface area contributed by atoms with Gasteiger partial charge >= 0.3 is 0 Å². The fourth-order valence-electron chi connectivity index (χ4n) is 0.949. The molecule has 70 valence electrons. The lowest BCUT2D eigenvalue weighted by Gasteiger charge is -2.26. The molecule has 0 fully saturated rings. The van der Waals surface area contributed by atoms with Crippen molar-refractivity contribution in [1.29, 1.82) is 0 Å². The van der Waals surface area contributed by atoms with E-state index in [2.05, 4.69) is 27.7 Å². The highest BCUT2D eigenvalue weighted by Crippen LogP contribution is 2.17. The number of nitrogens with zero attached hydrogens (tertiary/aromatic N) is 1. The Labute approximate surface area is 81.9 Å². The van der Waals surface area contributed by atoms with Gasteiger partial charge in [0.25, 0.3) is 5.85 Å². The Hall–Kier alpha value is -1.16. The Morgan fingerprint density at radius 1 is 1.62 bits per heavy atom. The minimum absolute atomic E-state index is 0.662. The molecule has 1 heterocycles. The Balaban J connectivity index is 2.96. The lowest BCUT2D eigenvalue weighted by atomic mass is 10.2. The first-order valence-electron chi connectivity index (χ1n) is 3.61. The molecular weight excluding hydrogens is 188 g/mol. The smallest absolute Gasteiger partial charge is 0.269 e. The largest absolute Gasteiger partial charge is 0.497 e.